The Bertz CT molecular complexity index is 399. The Labute approximate surface area is 106 Å². The van der Waals surface area contributed by atoms with Crippen LogP contribution >= 0.6 is 0 Å². The van der Waals surface area contributed by atoms with Crippen LogP contribution in [0.4, 0.5) is 9.18 Å². The van der Waals surface area contributed by atoms with Gasteiger partial charge in [-0.3, -0.25) is 0 Å². The maximum atomic E-state index is 12.8. The zero-order chi connectivity index (χ0) is 13.0. The average molecular weight is 252 g/mol. The van der Waals surface area contributed by atoms with Crippen LogP contribution in [0.1, 0.15) is 12.0 Å². The van der Waals surface area contributed by atoms with Gasteiger partial charge < -0.3 is 15.4 Å². The van der Waals surface area contributed by atoms with Crippen molar-refractivity contribution < 1.29 is 13.9 Å². The van der Waals surface area contributed by atoms with Crippen LogP contribution in [0.25, 0.3) is 0 Å². The van der Waals surface area contributed by atoms with Crippen molar-refractivity contribution in [2.24, 2.45) is 5.73 Å². The van der Waals surface area contributed by atoms with Gasteiger partial charge in [-0.2, -0.15) is 0 Å². The fourth-order valence-electron chi connectivity index (χ4n) is 2.10. The molecule has 0 aromatic heterocycles. The van der Waals surface area contributed by atoms with Gasteiger partial charge in [0, 0.05) is 12.6 Å². The molecule has 0 unspecified atom stereocenters. The summed E-state index contributed by atoms with van der Waals surface area (Å²) in [6.07, 6.45) is 0.129. The van der Waals surface area contributed by atoms with Gasteiger partial charge in [0.15, 0.2) is 0 Å². The molecule has 1 fully saturated rings. The van der Waals surface area contributed by atoms with Crippen LogP contribution in [0.3, 0.4) is 0 Å². The zero-order valence-electron chi connectivity index (χ0n) is 10.1. The number of halogens is 1. The molecule has 18 heavy (non-hydrogen) atoms. The first-order valence-electron chi connectivity index (χ1n) is 6.01. The highest BCUT2D eigenvalue weighted by Gasteiger charge is 2.35. The molecule has 0 spiro atoms. The second kappa shape index (κ2) is 5.82. The molecule has 5 heteroatoms. The Morgan fingerprint density at radius 2 is 2.17 bits per heavy atom. The lowest BCUT2D eigenvalue weighted by Crippen LogP contribution is -2.44. The van der Waals surface area contributed by atoms with E-state index >= 15 is 0 Å². The van der Waals surface area contributed by atoms with E-state index in [1.807, 2.05) is 30.3 Å². The number of nitrogens with two attached hydrogens (primary N) is 1. The predicted molar refractivity (Wildman–Crippen MR) is 65.7 cm³/mol. The Kier molecular flexibility index (Phi) is 4.15. The second-order valence-corrected chi connectivity index (χ2v) is 4.41. The molecule has 0 bridgehead atoms. The van der Waals surface area contributed by atoms with Crippen molar-refractivity contribution in [3.05, 3.63) is 35.9 Å². The number of likely N-dealkylation sites (tertiary alicyclic amines) is 1. The number of nitrogens with zero attached hydrogens (tertiary/aromatic N) is 1. The number of rotatable bonds is 3. The average Bonchev–Trinajstić information content (AvgIpc) is 2.78. The highest BCUT2D eigenvalue weighted by atomic mass is 19.1. The van der Waals surface area contributed by atoms with Crippen molar-refractivity contribution in [1.82, 2.24) is 4.90 Å². The molecule has 98 valence electrons. The molecular weight excluding hydrogens is 235 g/mol. The summed E-state index contributed by atoms with van der Waals surface area (Å²) in [5.41, 5.74) is 6.64. The maximum absolute atomic E-state index is 12.8. The molecular formula is C13H17FN2O2. The lowest BCUT2D eigenvalue weighted by molar-refractivity contribution is 0.0862. The van der Waals surface area contributed by atoms with Gasteiger partial charge in [0.1, 0.15) is 13.3 Å². The van der Waals surface area contributed by atoms with Gasteiger partial charge >= 0.3 is 6.09 Å². The molecule has 4 nitrogen and oxygen atoms in total. The van der Waals surface area contributed by atoms with Crippen molar-refractivity contribution in [2.75, 3.05) is 13.2 Å². The van der Waals surface area contributed by atoms with Crippen molar-refractivity contribution in [3.63, 3.8) is 0 Å². The van der Waals surface area contributed by atoms with Crippen LogP contribution < -0.4 is 5.73 Å². The highest BCUT2D eigenvalue weighted by Crippen LogP contribution is 2.18. The molecule has 1 aliphatic heterocycles. The van der Waals surface area contributed by atoms with Crippen LogP contribution in [0.5, 0.6) is 0 Å². The van der Waals surface area contributed by atoms with Crippen LogP contribution in [0.2, 0.25) is 0 Å². The summed E-state index contributed by atoms with van der Waals surface area (Å²) in [7, 11) is 0. The molecule has 0 saturated carbocycles. The first kappa shape index (κ1) is 12.8. The van der Waals surface area contributed by atoms with Gasteiger partial charge in [0.2, 0.25) is 0 Å². The molecule has 1 heterocycles. The molecule has 0 radical (unpaired) electrons. The van der Waals surface area contributed by atoms with E-state index in [0.717, 1.165) is 5.56 Å². The number of amides is 1. The van der Waals surface area contributed by atoms with Gasteiger partial charge in [-0.1, -0.05) is 30.3 Å². The number of ether oxygens (including phenoxy) is 1. The monoisotopic (exact) mass is 252 g/mol. The number of hydrogen-bond acceptors (Lipinski definition) is 3. The van der Waals surface area contributed by atoms with Gasteiger partial charge in [-0.25, -0.2) is 9.18 Å². The lowest BCUT2D eigenvalue weighted by atomic mass is 10.1. The fourth-order valence-corrected chi connectivity index (χ4v) is 2.10. The number of benzene rings is 1. The number of carbonyl (C=O) groups is 1. The molecule has 0 aliphatic carbocycles. The second-order valence-electron chi connectivity index (χ2n) is 4.41. The SMILES string of the molecule is N[C@@H]1CCN(C(=O)OCc2ccccc2)[C@H]1CF. The van der Waals surface area contributed by atoms with Gasteiger partial charge in [-0.05, 0) is 12.0 Å². The molecule has 1 aromatic carbocycles. The zero-order valence-corrected chi connectivity index (χ0v) is 10.1. The van der Waals surface area contributed by atoms with E-state index in [1.165, 1.54) is 4.90 Å². The quantitative estimate of drug-likeness (QED) is 0.890. The van der Waals surface area contributed by atoms with E-state index in [0.29, 0.717) is 13.0 Å². The minimum atomic E-state index is -0.623. The van der Waals surface area contributed by atoms with E-state index < -0.39 is 18.8 Å². The maximum Gasteiger partial charge on any atom is 0.410 e. The number of hydrogen-bond donors (Lipinski definition) is 1. The Morgan fingerprint density at radius 3 is 2.83 bits per heavy atom. The third-order valence-electron chi connectivity index (χ3n) is 3.20. The Morgan fingerprint density at radius 1 is 1.44 bits per heavy atom. The fraction of sp³-hybridized carbons (Fsp3) is 0.462. The normalized spacial score (nSPS) is 23.1. The molecule has 1 saturated heterocycles. The summed E-state index contributed by atoms with van der Waals surface area (Å²) in [5.74, 6) is 0. The molecule has 1 aliphatic rings. The van der Waals surface area contributed by atoms with Crippen molar-refractivity contribution in [2.45, 2.75) is 25.1 Å². The van der Waals surface area contributed by atoms with Gasteiger partial charge in [0.05, 0.1) is 6.04 Å². The summed E-state index contributed by atoms with van der Waals surface area (Å²) < 4.78 is 18.0. The summed E-state index contributed by atoms with van der Waals surface area (Å²) >= 11 is 0. The van der Waals surface area contributed by atoms with E-state index in [-0.39, 0.29) is 12.6 Å². The third-order valence-corrected chi connectivity index (χ3v) is 3.20. The Balaban J connectivity index is 1.88. The molecule has 2 N–H and O–H groups in total. The number of carbonyl (C=O) groups excluding carboxylic acids is 1. The van der Waals surface area contributed by atoms with Crippen molar-refractivity contribution in [1.29, 1.82) is 0 Å². The van der Waals surface area contributed by atoms with Crippen molar-refractivity contribution >= 4 is 6.09 Å². The minimum absolute atomic E-state index is 0.199. The minimum Gasteiger partial charge on any atom is -0.445 e. The van der Waals surface area contributed by atoms with E-state index in [9.17, 15) is 9.18 Å². The topological polar surface area (TPSA) is 55.6 Å². The summed E-state index contributed by atoms with van der Waals surface area (Å²) in [4.78, 5) is 13.2. The van der Waals surface area contributed by atoms with Crippen LogP contribution in [0, 0.1) is 0 Å². The summed E-state index contributed by atoms with van der Waals surface area (Å²) in [6.45, 7) is 0.0371. The van der Waals surface area contributed by atoms with Gasteiger partial charge in [0.25, 0.3) is 0 Å². The largest absolute Gasteiger partial charge is 0.445 e. The van der Waals surface area contributed by atoms with Crippen LogP contribution in [0.15, 0.2) is 30.3 Å². The molecule has 1 amide bonds. The molecule has 2 atom stereocenters. The highest BCUT2D eigenvalue weighted by molar-refractivity contribution is 5.68. The molecule has 1 aromatic rings. The predicted octanol–water partition coefficient (Wildman–Crippen LogP) is 1.69. The Hall–Kier alpha value is -1.62. The standard InChI is InChI=1S/C13H17FN2O2/c14-8-12-11(15)6-7-16(12)13(17)18-9-10-4-2-1-3-5-10/h1-5,11-12H,6-9,15H2/t11-,12+/m1/s1. The van der Waals surface area contributed by atoms with E-state index in [1.54, 1.807) is 0 Å². The first-order valence-corrected chi connectivity index (χ1v) is 6.01. The van der Waals surface area contributed by atoms with Crippen LogP contribution in [-0.2, 0) is 11.3 Å². The number of alkyl halides is 1. The van der Waals surface area contributed by atoms with Gasteiger partial charge in [-0.15, -0.1) is 0 Å². The third kappa shape index (κ3) is 2.79. The smallest absolute Gasteiger partial charge is 0.410 e. The van der Waals surface area contributed by atoms with Crippen molar-refractivity contribution in [3.8, 4) is 0 Å². The summed E-state index contributed by atoms with van der Waals surface area (Å²) in [5, 5.41) is 0. The van der Waals surface area contributed by atoms with E-state index in [4.69, 9.17) is 10.5 Å². The van der Waals surface area contributed by atoms with Crippen LogP contribution in [-0.4, -0.2) is 36.3 Å². The molecule has 2 rings (SSSR count). The first-order chi connectivity index (χ1) is 8.72. The summed E-state index contributed by atoms with van der Waals surface area (Å²) in [6, 6.07) is 8.54. The lowest BCUT2D eigenvalue weighted by Gasteiger charge is -2.23. The van der Waals surface area contributed by atoms with E-state index in [2.05, 4.69) is 0 Å².